The fourth-order valence-corrected chi connectivity index (χ4v) is 1.56. The highest BCUT2D eigenvalue weighted by Gasteiger charge is 2.05. The number of anilines is 1. The van der Waals surface area contributed by atoms with Crippen LogP contribution in [0.5, 0.6) is 0 Å². The molecule has 0 aliphatic rings. The van der Waals surface area contributed by atoms with Crippen molar-refractivity contribution in [2.45, 2.75) is 6.92 Å². The minimum absolute atomic E-state index is 0.712. The van der Waals surface area contributed by atoms with Crippen LogP contribution in [0.4, 0.5) is 5.82 Å². The van der Waals surface area contributed by atoms with Gasteiger partial charge < -0.3 is 9.64 Å². The zero-order chi connectivity index (χ0) is 10.4. The second-order valence-corrected chi connectivity index (χ2v) is 3.67. The average Bonchev–Trinajstić information content (AvgIpc) is 2.18. The van der Waals surface area contributed by atoms with E-state index in [2.05, 4.69) is 25.9 Å². The maximum absolute atomic E-state index is 5.27. The van der Waals surface area contributed by atoms with Crippen LogP contribution in [-0.4, -0.2) is 36.8 Å². The van der Waals surface area contributed by atoms with Crippen molar-refractivity contribution in [2.75, 3.05) is 31.7 Å². The molecule has 0 spiro atoms. The Morgan fingerprint density at radius 3 is 3.00 bits per heavy atom. The molecule has 14 heavy (non-hydrogen) atoms. The molecule has 5 heteroatoms. The standard InChI is InChI=1S/C9H14BrN3O/c1-3-14-5-4-13(2)9-8(10)6-11-7-12-9/h6-7H,3-5H2,1-2H3. The van der Waals surface area contributed by atoms with Crippen molar-refractivity contribution < 1.29 is 4.74 Å². The molecule has 1 heterocycles. The van der Waals surface area contributed by atoms with E-state index >= 15 is 0 Å². The number of hydrogen-bond donors (Lipinski definition) is 0. The van der Waals surface area contributed by atoms with Crippen molar-refractivity contribution >= 4 is 21.7 Å². The van der Waals surface area contributed by atoms with E-state index in [0.29, 0.717) is 6.61 Å². The van der Waals surface area contributed by atoms with Crippen LogP contribution >= 0.6 is 15.9 Å². The molecule has 0 aliphatic carbocycles. The zero-order valence-electron chi connectivity index (χ0n) is 8.40. The van der Waals surface area contributed by atoms with E-state index in [9.17, 15) is 0 Å². The van der Waals surface area contributed by atoms with E-state index in [4.69, 9.17) is 4.74 Å². The molecule has 0 saturated carbocycles. The predicted octanol–water partition coefficient (Wildman–Crippen LogP) is 1.71. The first-order chi connectivity index (χ1) is 6.75. The van der Waals surface area contributed by atoms with Gasteiger partial charge in [0.05, 0.1) is 11.1 Å². The van der Waals surface area contributed by atoms with Gasteiger partial charge in [0.1, 0.15) is 12.1 Å². The Morgan fingerprint density at radius 1 is 1.57 bits per heavy atom. The van der Waals surface area contributed by atoms with E-state index in [1.54, 1.807) is 6.20 Å². The molecule has 0 fully saturated rings. The van der Waals surface area contributed by atoms with Crippen molar-refractivity contribution in [3.63, 3.8) is 0 Å². The van der Waals surface area contributed by atoms with Crippen molar-refractivity contribution in [3.05, 3.63) is 17.0 Å². The third-order valence-electron chi connectivity index (χ3n) is 1.78. The van der Waals surface area contributed by atoms with Gasteiger partial charge in [-0.15, -0.1) is 0 Å². The van der Waals surface area contributed by atoms with Crippen LogP contribution in [0.1, 0.15) is 6.92 Å². The van der Waals surface area contributed by atoms with Gasteiger partial charge in [0.15, 0.2) is 0 Å². The Balaban J connectivity index is 2.51. The fraction of sp³-hybridized carbons (Fsp3) is 0.556. The summed E-state index contributed by atoms with van der Waals surface area (Å²) >= 11 is 3.40. The molecule has 0 unspecified atom stereocenters. The summed E-state index contributed by atoms with van der Waals surface area (Å²) in [4.78, 5) is 10.1. The molecule has 0 N–H and O–H groups in total. The summed E-state index contributed by atoms with van der Waals surface area (Å²) in [7, 11) is 1.98. The molecule has 1 rings (SSSR count). The van der Waals surface area contributed by atoms with Crippen LogP contribution in [0.2, 0.25) is 0 Å². The van der Waals surface area contributed by atoms with Gasteiger partial charge in [0, 0.05) is 26.4 Å². The lowest BCUT2D eigenvalue weighted by molar-refractivity contribution is 0.154. The third-order valence-corrected chi connectivity index (χ3v) is 2.34. The van der Waals surface area contributed by atoms with E-state index < -0.39 is 0 Å². The summed E-state index contributed by atoms with van der Waals surface area (Å²) in [5.41, 5.74) is 0. The van der Waals surface area contributed by atoms with Crippen LogP contribution in [0, 0.1) is 0 Å². The minimum Gasteiger partial charge on any atom is -0.380 e. The summed E-state index contributed by atoms with van der Waals surface area (Å²) in [6.07, 6.45) is 3.27. The molecule has 78 valence electrons. The maximum Gasteiger partial charge on any atom is 0.146 e. The van der Waals surface area contributed by atoms with Crippen LogP contribution < -0.4 is 4.90 Å². The van der Waals surface area contributed by atoms with Gasteiger partial charge in [0.25, 0.3) is 0 Å². The molecule has 1 aromatic rings. The molecular formula is C9H14BrN3O. The predicted molar refractivity (Wildman–Crippen MR) is 59.5 cm³/mol. The summed E-state index contributed by atoms with van der Waals surface area (Å²) in [5.74, 6) is 0.889. The van der Waals surface area contributed by atoms with Crippen LogP contribution in [0.25, 0.3) is 0 Å². The molecule has 4 nitrogen and oxygen atoms in total. The molecular weight excluding hydrogens is 246 g/mol. The Kier molecular flexibility index (Phi) is 4.82. The van der Waals surface area contributed by atoms with Crippen LogP contribution in [0.15, 0.2) is 17.0 Å². The minimum atomic E-state index is 0.712. The zero-order valence-corrected chi connectivity index (χ0v) is 9.99. The lowest BCUT2D eigenvalue weighted by Crippen LogP contribution is -2.23. The smallest absolute Gasteiger partial charge is 0.146 e. The van der Waals surface area contributed by atoms with Gasteiger partial charge in [-0.25, -0.2) is 9.97 Å². The Hall–Kier alpha value is -0.680. The highest BCUT2D eigenvalue weighted by molar-refractivity contribution is 9.10. The highest BCUT2D eigenvalue weighted by Crippen LogP contribution is 2.20. The summed E-state index contributed by atoms with van der Waals surface area (Å²) < 4.78 is 6.17. The maximum atomic E-state index is 5.27. The van der Waals surface area contributed by atoms with Crippen LogP contribution in [0.3, 0.4) is 0 Å². The summed E-state index contributed by atoms with van der Waals surface area (Å²) in [5, 5.41) is 0. The SMILES string of the molecule is CCOCCN(C)c1ncncc1Br. The second-order valence-electron chi connectivity index (χ2n) is 2.81. The number of rotatable bonds is 5. The van der Waals surface area contributed by atoms with E-state index in [1.165, 1.54) is 6.33 Å². The summed E-state index contributed by atoms with van der Waals surface area (Å²) in [6, 6.07) is 0. The van der Waals surface area contributed by atoms with E-state index in [1.807, 2.05) is 18.9 Å². The van der Waals surface area contributed by atoms with Crippen molar-refractivity contribution in [3.8, 4) is 0 Å². The second kappa shape index (κ2) is 5.93. The molecule has 0 amide bonds. The van der Waals surface area contributed by atoms with Crippen molar-refractivity contribution in [1.29, 1.82) is 0 Å². The van der Waals surface area contributed by atoms with Gasteiger partial charge in [-0.2, -0.15) is 0 Å². The quantitative estimate of drug-likeness (QED) is 0.755. The van der Waals surface area contributed by atoms with Crippen molar-refractivity contribution in [2.24, 2.45) is 0 Å². The normalized spacial score (nSPS) is 10.2. The molecule has 0 saturated heterocycles. The first-order valence-corrected chi connectivity index (χ1v) is 5.29. The molecule has 0 aromatic carbocycles. The first kappa shape index (κ1) is 11.4. The average molecular weight is 260 g/mol. The number of hydrogen-bond acceptors (Lipinski definition) is 4. The largest absolute Gasteiger partial charge is 0.380 e. The van der Waals surface area contributed by atoms with E-state index in [0.717, 1.165) is 23.4 Å². The molecule has 0 bridgehead atoms. The molecule has 1 aromatic heterocycles. The first-order valence-electron chi connectivity index (χ1n) is 4.50. The Bertz CT molecular complexity index is 283. The number of halogens is 1. The van der Waals surface area contributed by atoms with E-state index in [-0.39, 0.29) is 0 Å². The third kappa shape index (κ3) is 3.23. The Labute approximate surface area is 92.4 Å². The lowest BCUT2D eigenvalue weighted by atomic mass is 10.5. The van der Waals surface area contributed by atoms with Gasteiger partial charge in [0.2, 0.25) is 0 Å². The number of aromatic nitrogens is 2. The molecule has 0 atom stereocenters. The van der Waals surface area contributed by atoms with Crippen molar-refractivity contribution in [1.82, 2.24) is 9.97 Å². The van der Waals surface area contributed by atoms with Gasteiger partial charge in [-0.05, 0) is 22.9 Å². The number of ether oxygens (including phenoxy) is 1. The number of nitrogens with zero attached hydrogens (tertiary/aromatic N) is 3. The summed E-state index contributed by atoms with van der Waals surface area (Å²) in [6.45, 7) is 4.27. The van der Waals surface area contributed by atoms with Crippen LogP contribution in [-0.2, 0) is 4.74 Å². The lowest BCUT2D eigenvalue weighted by Gasteiger charge is -2.18. The van der Waals surface area contributed by atoms with Gasteiger partial charge in [-0.3, -0.25) is 0 Å². The monoisotopic (exact) mass is 259 g/mol. The number of likely N-dealkylation sites (N-methyl/N-ethyl adjacent to an activating group) is 1. The highest BCUT2D eigenvalue weighted by atomic mass is 79.9. The fourth-order valence-electron chi connectivity index (χ4n) is 1.04. The molecule has 0 aliphatic heterocycles. The van der Waals surface area contributed by atoms with Gasteiger partial charge in [-0.1, -0.05) is 0 Å². The Morgan fingerprint density at radius 2 is 2.36 bits per heavy atom. The molecule has 0 radical (unpaired) electrons. The van der Waals surface area contributed by atoms with Gasteiger partial charge >= 0.3 is 0 Å². The topological polar surface area (TPSA) is 38.2 Å².